The van der Waals surface area contributed by atoms with E-state index in [2.05, 4.69) is 4.98 Å². The van der Waals surface area contributed by atoms with Crippen LogP contribution in [-0.4, -0.2) is 15.5 Å². The number of para-hydroxylation sites is 1. The van der Waals surface area contributed by atoms with E-state index in [9.17, 15) is 4.79 Å². The van der Waals surface area contributed by atoms with Crippen molar-refractivity contribution in [1.82, 2.24) is 9.55 Å². The molecule has 3 rings (SSSR count). The van der Waals surface area contributed by atoms with Crippen molar-refractivity contribution in [2.45, 2.75) is 21.3 Å². The number of carbonyl (C=O) groups excluding carboxylic acids is 1. The Balaban J connectivity index is 0.00000108. The largest absolute Gasteiger partial charge is 0.274 e. The van der Waals surface area contributed by atoms with Gasteiger partial charge in [0, 0.05) is 12.3 Å². The summed E-state index contributed by atoms with van der Waals surface area (Å²) in [4.78, 5) is 17.1. The minimum atomic E-state index is 0. The molecule has 0 saturated carbocycles. The number of rotatable bonds is 0. The number of fused-ring (bicyclic) bond motifs is 3. The van der Waals surface area contributed by atoms with Crippen molar-refractivity contribution in [3.05, 3.63) is 29.3 Å². The highest BCUT2D eigenvalue weighted by atomic mass is 32.1. The van der Waals surface area contributed by atoms with Gasteiger partial charge >= 0.3 is 0 Å². The molecule has 3 nitrogen and oxygen atoms in total. The van der Waals surface area contributed by atoms with Crippen LogP contribution in [0.1, 0.15) is 24.2 Å². The SMILES string of the molecule is C.CC(=O)n1c2ccccc2c2nc(C)sc21. The Labute approximate surface area is 104 Å². The van der Waals surface area contributed by atoms with E-state index >= 15 is 0 Å². The lowest BCUT2D eigenvalue weighted by Gasteiger charge is -1.98. The second-order valence-corrected chi connectivity index (χ2v) is 4.94. The van der Waals surface area contributed by atoms with Gasteiger partial charge in [-0.2, -0.15) is 0 Å². The third kappa shape index (κ3) is 1.56. The summed E-state index contributed by atoms with van der Waals surface area (Å²) in [5.74, 6) is 0.0369. The zero-order valence-electron chi connectivity index (χ0n) is 9.02. The molecular weight excluding hydrogens is 232 g/mol. The van der Waals surface area contributed by atoms with Gasteiger partial charge in [0.15, 0.2) is 0 Å². The van der Waals surface area contributed by atoms with Crippen LogP contribution in [0.4, 0.5) is 0 Å². The van der Waals surface area contributed by atoms with Gasteiger partial charge in [-0.1, -0.05) is 25.6 Å². The minimum absolute atomic E-state index is 0. The Morgan fingerprint density at radius 2 is 2.06 bits per heavy atom. The van der Waals surface area contributed by atoms with E-state index in [0.29, 0.717) is 0 Å². The van der Waals surface area contributed by atoms with Crippen LogP contribution in [0.15, 0.2) is 24.3 Å². The Kier molecular flexibility index (Phi) is 2.75. The highest BCUT2D eigenvalue weighted by Gasteiger charge is 2.16. The highest BCUT2D eigenvalue weighted by Crippen LogP contribution is 2.32. The lowest BCUT2D eigenvalue weighted by atomic mass is 10.2. The number of thiazole rings is 1. The first kappa shape index (κ1) is 11.8. The number of benzene rings is 1. The summed E-state index contributed by atoms with van der Waals surface area (Å²) < 4.78 is 1.75. The number of nitrogens with zero attached hydrogens (tertiary/aromatic N) is 2. The predicted octanol–water partition coefficient (Wildman–Crippen LogP) is 3.86. The van der Waals surface area contributed by atoms with Crippen molar-refractivity contribution >= 4 is 38.5 Å². The Bertz CT molecular complexity index is 709. The molecule has 0 unspecified atom stereocenters. The molecule has 0 amide bonds. The van der Waals surface area contributed by atoms with Crippen LogP contribution in [0.3, 0.4) is 0 Å². The minimum Gasteiger partial charge on any atom is -0.274 e. The zero-order chi connectivity index (χ0) is 11.3. The van der Waals surface area contributed by atoms with Gasteiger partial charge in [0.1, 0.15) is 10.3 Å². The molecule has 88 valence electrons. The third-order valence-electron chi connectivity index (χ3n) is 2.63. The van der Waals surface area contributed by atoms with Gasteiger partial charge in [0.05, 0.1) is 10.5 Å². The van der Waals surface area contributed by atoms with Crippen molar-refractivity contribution in [3.8, 4) is 0 Å². The number of aromatic nitrogens is 2. The standard InChI is InChI=1S/C12H10N2OS.CH4/c1-7-13-11-9-5-3-4-6-10(9)14(8(2)15)12(11)16-7;/h3-6H,1-2H3;1H4. The van der Waals surface area contributed by atoms with Gasteiger partial charge in [-0.25, -0.2) is 4.98 Å². The molecule has 0 N–H and O–H groups in total. The maximum absolute atomic E-state index is 11.7. The smallest absolute Gasteiger partial charge is 0.229 e. The number of hydrogen-bond acceptors (Lipinski definition) is 3. The number of carbonyl (C=O) groups is 1. The first-order valence-electron chi connectivity index (χ1n) is 5.06. The van der Waals surface area contributed by atoms with Crippen molar-refractivity contribution < 1.29 is 4.79 Å². The molecule has 2 heterocycles. The van der Waals surface area contributed by atoms with Gasteiger partial charge in [0.25, 0.3) is 0 Å². The molecule has 4 heteroatoms. The lowest BCUT2D eigenvalue weighted by molar-refractivity contribution is 0.0947. The summed E-state index contributed by atoms with van der Waals surface area (Å²) in [6.07, 6.45) is 0. The molecule has 17 heavy (non-hydrogen) atoms. The van der Waals surface area contributed by atoms with Gasteiger partial charge < -0.3 is 0 Å². The van der Waals surface area contributed by atoms with Gasteiger partial charge in [0.2, 0.25) is 5.91 Å². The van der Waals surface area contributed by atoms with Crippen LogP contribution < -0.4 is 0 Å². The Morgan fingerprint density at radius 3 is 2.76 bits per heavy atom. The highest BCUT2D eigenvalue weighted by molar-refractivity contribution is 7.18. The van der Waals surface area contributed by atoms with Gasteiger partial charge in [-0.05, 0) is 13.0 Å². The molecule has 0 aliphatic carbocycles. The fraction of sp³-hybridized carbons (Fsp3) is 0.231. The van der Waals surface area contributed by atoms with Crippen molar-refractivity contribution in [3.63, 3.8) is 0 Å². The Hall–Kier alpha value is -1.68. The summed E-state index contributed by atoms with van der Waals surface area (Å²) in [7, 11) is 0. The van der Waals surface area contributed by atoms with Crippen LogP contribution in [0.2, 0.25) is 0 Å². The zero-order valence-corrected chi connectivity index (χ0v) is 9.84. The molecule has 0 bridgehead atoms. The predicted molar refractivity (Wildman–Crippen MR) is 72.9 cm³/mol. The molecule has 2 aromatic heterocycles. The molecule has 0 radical (unpaired) electrons. The number of hydrogen-bond donors (Lipinski definition) is 0. The van der Waals surface area contributed by atoms with E-state index < -0.39 is 0 Å². The fourth-order valence-electron chi connectivity index (χ4n) is 2.03. The van der Waals surface area contributed by atoms with Gasteiger partial charge in [-0.15, -0.1) is 11.3 Å². The van der Waals surface area contributed by atoms with Crippen LogP contribution >= 0.6 is 11.3 Å². The third-order valence-corrected chi connectivity index (χ3v) is 3.59. The maximum Gasteiger partial charge on any atom is 0.229 e. The van der Waals surface area contributed by atoms with E-state index in [1.54, 1.807) is 22.8 Å². The topological polar surface area (TPSA) is 34.9 Å². The lowest BCUT2D eigenvalue weighted by Crippen LogP contribution is -2.03. The molecule has 1 aromatic carbocycles. The van der Waals surface area contributed by atoms with Crippen LogP contribution in [0, 0.1) is 6.92 Å². The quantitative estimate of drug-likeness (QED) is 0.603. The molecule has 0 atom stereocenters. The van der Waals surface area contributed by atoms with Gasteiger partial charge in [-0.3, -0.25) is 9.36 Å². The summed E-state index contributed by atoms with van der Waals surface area (Å²) in [5.41, 5.74) is 1.89. The van der Waals surface area contributed by atoms with E-state index in [4.69, 9.17) is 0 Å². The average molecular weight is 246 g/mol. The monoisotopic (exact) mass is 246 g/mol. The van der Waals surface area contributed by atoms with E-state index in [0.717, 1.165) is 26.3 Å². The van der Waals surface area contributed by atoms with Crippen molar-refractivity contribution in [1.29, 1.82) is 0 Å². The van der Waals surface area contributed by atoms with Crippen molar-refractivity contribution in [2.75, 3.05) is 0 Å². The molecule has 3 aromatic rings. The average Bonchev–Trinajstić information content (AvgIpc) is 2.72. The molecule has 0 aliphatic rings. The fourth-order valence-corrected chi connectivity index (χ4v) is 3.02. The molecular formula is C13H14N2OS. The number of aryl methyl sites for hydroxylation is 1. The van der Waals surface area contributed by atoms with E-state index in [1.165, 1.54) is 0 Å². The van der Waals surface area contributed by atoms with Crippen molar-refractivity contribution in [2.24, 2.45) is 0 Å². The normalized spacial score (nSPS) is 10.7. The summed E-state index contributed by atoms with van der Waals surface area (Å²) in [5, 5.41) is 2.04. The second kappa shape index (κ2) is 3.96. The molecule has 0 aliphatic heterocycles. The molecule has 0 saturated heterocycles. The molecule has 0 spiro atoms. The Morgan fingerprint density at radius 1 is 1.35 bits per heavy atom. The van der Waals surface area contributed by atoms with Crippen LogP contribution in [-0.2, 0) is 0 Å². The van der Waals surface area contributed by atoms with Crippen LogP contribution in [0.25, 0.3) is 21.3 Å². The first-order chi connectivity index (χ1) is 7.68. The summed E-state index contributed by atoms with van der Waals surface area (Å²) >= 11 is 1.56. The molecule has 0 fully saturated rings. The van der Waals surface area contributed by atoms with E-state index in [1.807, 2.05) is 31.2 Å². The van der Waals surface area contributed by atoms with E-state index in [-0.39, 0.29) is 13.3 Å². The maximum atomic E-state index is 11.7. The van der Waals surface area contributed by atoms with Crippen LogP contribution in [0.5, 0.6) is 0 Å². The second-order valence-electron chi connectivity index (χ2n) is 3.76. The first-order valence-corrected chi connectivity index (χ1v) is 5.87. The summed E-state index contributed by atoms with van der Waals surface area (Å²) in [6.45, 7) is 3.55. The summed E-state index contributed by atoms with van der Waals surface area (Å²) in [6, 6.07) is 7.88.